The highest BCUT2D eigenvalue weighted by molar-refractivity contribution is 7.18. The van der Waals surface area contributed by atoms with E-state index in [-0.39, 0.29) is 42.5 Å². The fourth-order valence-corrected chi connectivity index (χ4v) is 5.08. The van der Waals surface area contributed by atoms with Gasteiger partial charge >= 0.3 is 5.97 Å². The van der Waals surface area contributed by atoms with E-state index in [0.29, 0.717) is 47.7 Å². The molecule has 188 valence electrons. The molecule has 11 heteroatoms. The molecule has 1 saturated carbocycles. The summed E-state index contributed by atoms with van der Waals surface area (Å²) in [7, 11) is 3.28. The SMILES string of the molecule is CCOC(=O)c1c(NC(=O)CN2CCN(C(C)C(=O)NC3CC3)CC2)sc(C(=O)N(C)C)c1C. The Labute approximate surface area is 204 Å². The molecule has 2 heterocycles. The molecule has 1 aromatic heterocycles. The highest BCUT2D eigenvalue weighted by atomic mass is 32.1. The number of nitrogens with zero attached hydrogens (tertiary/aromatic N) is 3. The van der Waals surface area contributed by atoms with Gasteiger partial charge in [-0.25, -0.2) is 4.79 Å². The molecule has 34 heavy (non-hydrogen) atoms. The Balaban J connectivity index is 1.60. The Morgan fingerprint density at radius 3 is 2.35 bits per heavy atom. The molecule has 0 spiro atoms. The second kappa shape index (κ2) is 11.3. The fourth-order valence-electron chi connectivity index (χ4n) is 3.85. The first-order valence-electron chi connectivity index (χ1n) is 11.7. The monoisotopic (exact) mass is 493 g/mol. The lowest BCUT2D eigenvalue weighted by molar-refractivity contribution is -0.127. The normalized spacial score (nSPS) is 17.7. The smallest absolute Gasteiger partial charge is 0.341 e. The lowest BCUT2D eigenvalue weighted by Crippen LogP contribution is -2.55. The molecule has 0 bridgehead atoms. The van der Waals surface area contributed by atoms with Crippen LogP contribution in [0.15, 0.2) is 0 Å². The molecule has 2 fully saturated rings. The number of nitrogens with one attached hydrogen (secondary N) is 2. The average molecular weight is 494 g/mol. The number of ether oxygens (including phenoxy) is 1. The van der Waals surface area contributed by atoms with Crippen LogP contribution < -0.4 is 10.6 Å². The number of carbonyl (C=O) groups excluding carboxylic acids is 4. The van der Waals surface area contributed by atoms with Crippen LogP contribution in [0, 0.1) is 6.92 Å². The summed E-state index contributed by atoms with van der Waals surface area (Å²) in [6.45, 7) is 8.38. The number of rotatable bonds is 9. The molecule has 2 N–H and O–H groups in total. The third kappa shape index (κ3) is 6.34. The van der Waals surface area contributed by atoms with Crippen LogP contribution >= 0.6 is 11.3 Å². The molecule has 1 atom stereocenters. The Bertz CT molecular complexity index is 934. The van der Waals surface area contributed by atoms with Crippen molar-refractivity contribution >= 4 is 40.0 Å². The second-order valence-corrected chi connectivity index (χ2v) is 10.0. The quantitative estimate of drug-likeness (QED) is 0.497. The predicted molar refractivity (Wildman–Crippen MR) is 130 cm³/mol. The molecule has 2 aliphatic rings. The zero-order valence-corrected chi connectivity index (χ0v) is 21.4. The summed E-state index contributed by atoms with van der Waals surface area (Å²) in [6, 6.07) is 0.152. The maximum atomic E-state index is 12.8. The van der Waals surface area contributed by atoms with E-state index >= 15 is 0 Å². The fraction of sp³-hybridized carbons (Fsp3) is 0.652. The number of piperazine rings is 1. The van der Waals surface area contributed by atoms with Gasteiger partial charge < -0.3 is 20.3 Å². The van der Waals surface area contributed by atoms with Crippen LogP contribution in [0.4, 0.5) is 5.00 Å². The van der Waals surface area contributed by atoms with Gasteiger partial charge in [-0.3, -0.25) is 24.2 Å². The van der Waals surface area contributed by atoms with Gasteiger partial charge in [0.05, 0.1) is 29.6 Å². The van der Waals surface area contributed by atoms with Crippen LogP contribution in [-0.4, -0.2) is 104 Å². The number of amides is 3. The molecule has 0 aromatic carbocycles. The van der Waals surface area contributed by atoms with Gasteiger partial charge in [0.15, 0.2) is 0 Å². The number of anilines is 1. The number of thiophene rings is 1. The maximum Gasteiger partial charge on any atom is 0.341 e. The van der Waals surface area contributed by atoms with Crippen LogP contribution in [0.2, 0.25) is 0 Å². The van der Waals surface area contributed by atoms with Crippen molar-refractivity contribution in [1.29, 1.82) is 0 Å². The molecule has 1 saturated heterocycles. The van der Waals surface area contributed by atoms with Crippen molar-refractivity contribution in [3.8, 4) is 0 Å². The number of hydrogen-bond acceptors (Lipinski definition) is 8. The summed E-state index contributed by atoms with van der Waals surface area (Å²) in [5.41, 5.74) is 0.732. The number of hydrogen-bond donors (Lipinski definition) is 2. The van der Waals surface area contributed by atoms with Gasteiger partial charge in [0.1, 0.15) is 5.00 Å². The minimum atomic E-state index is -0.559. The van der Waals surface area contributed by atoms with Gasteiger partial charge in [-0.15, -0.1) is 11.3 Å². The summed E-state index contributed by atoms with van der Waals surface area (Å²) in [5, 5.41) is 6.19. The van der Waals surface area contributed by atoms with Gasteiger partial charge in [-0.2, -0.15) is 0 Å². The van der Waals surface area contributed by atoms with Crippen molar-refractivity contribution in [2.75, 3.05) is 58.7 Å². The molecule has 10 nitrogen and oxygen atoms in total. The van der Waals surface area contributed by atoms with Crippen molar-refractivity contribution in [3.63, 3.8) is 0 Å². The summed E-state index contributed by atoms with van der Waals surface area (Å²) >= 11 is 1.09. The molecular formula is C23H35N5O5S. The highest BCUT2D eigenvalue weighted by Gasteiger charge is 2.31. The van der Waals surface area contributed by atoms with E-state index in [1.165, 1.54) is 4.90 Å². The maximum absolute atomic E-state index is 12.8. The first-order valence-corrected chi connectivity index (χ1v) is 12.5. The van der Waals surface area contributed by atoms with E-state index in [9.17, 15) is 19.2 Å². The highest BCUT2D eigenvalue weighted by Crippen LogP contribution is 2.34. The van der Waals surface area contributed by atoms with E-state index in [4.69, 9.17) is 4.74 Å². The van der Waals surface area contributed by atoms with Crippen LogP contribution in [0.1, 0.15) is 52.3 Å². The van der Waals surface area contributed by atoms with E-state index in [0.717, 1.165) is 24.2 Å². The summed E-state index contributed by atoms with van der Waals surface area (Å²) in [4.78, 5) is 56.2. The molecular weight excluding hydrogens is 458 g/mol. The minimum absolute atomic E-state index is 0.0660. The van der Waals surface area contributed by atoms with Gasteiger partial charge in [0, 0.05) is 46.3 Å². The Morgan fingerprint density at radius 2 is 1.79 bits per heavy atom. The van der Waals surface area contributed by atoms with Crippen molar-refractivity contribution in [2.45, 2.75) is 45.7 Å². The molecule has 3 amide bonds. The lowest BCUT2D eigenvalue weighted by Gasteiger charge is -2.37. The lowest BCUT2D eigenvalue weighted by atomic mass is 10.1. The van der Waals surface area contributed by atoms with Gasteiger partial charge in [-0.05, 0) is 39.2 Å². The third-order valence-corrected chi connectivity index (χ3v) is 7.30. The van der Waals surface area contributed by atoms with Gasteiger partial charge in [-0.1, -0.05) is 0 Å². The van der Waals surface area contributed by atoms with E-state index < -0.39 is 5.97 Å². The van der Waals surface area contributed by atoms with Crippen molar-refractivity contribution in [1.82, 2.24) is 20.0 Å². The largest absolute Gasteiger partial charge is 0.462 e. The Morgan fingerprint density at radius 1 is 1.15 bits per heavy atom. The minimum Gasteiger partial charge on any atom is -0.462 e. The molecule has 1 aliphatic carbocycles. The Kier molecular flexibility index (Phi) is 8.67. The number of esters is 1. The van der Waals surface area contributed by atoms with Gasteiger partial charge in [0.2, 0.25) is 11.8 Å². The topological polar surface area (TPSA) is 111 Å². The standard InChI is InChI=1S/C23H35N5O5S/c1-6-33-23(32)18-14(2)19(22(31)26(4)5)34-21(18)25-17(29)13-27-9-11-28(12-10-27)15(3)20(30)24-16-7-8-16/h15-16H,6-13H2,1-5H3,(H,24,30)(H,25,29). The van der Waals surface area contributed by atoms with Crippen LogP contribution in [0.25, 0.3) is 0 Å². The van der Waals surface area contributed by atoms with E-state index in [1.807, 2.05) is 11.8 Å². The summed E-state index contributed by atoms with van der Waals surface area (Å²) in [5.74, 6) is -0.985. The number of carbonyl (C=O) groups is 4. The average Bonchev–Trinajstić information content (AvgIpc) is 3.54. The van der Waals surface area contributed by atoms with Crippen molar-refractivity contribution in [3.05, 3.63) is 16.0 Å². The molecule has 1 aromatic rings. The summed E-state index contributed by atoms with van der Waals surface area (Å²) < 4.78 is 5.16. The van der Waals surface area contributed by atoms with E-state index in [2.05, 4.69) is 15.5 Å². The molecule has 0 radical (unpaired) electrons. The molecule has 1 unspecified atom stereocenters. The van der Waals surface area contributed by atoms with Crippen LogP contribution in [-0.2, 0) is 14.3 Å². The zero-order chi connectivity index (χ0) is 25.0. The zero-order valence-electron chi connectivity index (χ0n) is 20.6. The van der Waals surface area contributed by atoms with Crippen LogP contribution in [0.3, 0.4) is 0 Å². The van der Waals surface area contributed by atoms with Crippen molar-refractivity contribution in [2.24, 2.45) is 0 Å². The Hall–Kier alpha value is -2.50. The summed E-state index contributed by atoms with van der Waals surface area (Å²) in [6.07, 6.45) is 2.13. The second-order valence-electron chi connectivity index (χ2n) is 9.00. The van der Waals surface area contributed by atoms with Crippen LogP contribution in [0.5, 0.6) is 0 Å². The van der Waals surface area contributed by atoms with Gasteiger partial charge in [0.25, 0.3) is 5.91 Å². The molecule has 3 rings (SSSR count). The molecule has 1 aliphatic heterocycles. The first kappa shape index (κ1) is 26.1. The predicted octanol–water partition coefficient (Wildman–Crippen LogP) is 1.16. The van der Waals surface area contributed by atoms with E-state index in [1.54, 1.807) is 27.9 Å². The van der Waals surface area contributed by atoms with Crippen molar-refractivity contribution < 1.29 is 23.9 Å². The first-order chi connectivity index (χ1) is 16.1. The third-order valence-electron chi connectivity index (χ3n) is 6.10.